The number of unbranched alkanes of at least 4 members (excludes halogenated alkanes) is 1. The molecule has 1 amide bonds. The van der Waals surface area contributed by atoms with Crippen molar-refractivity contribution in [1.82, 2.24) is 10.2 Å². The fraction of sp³-hybridized carbons (Fsp3) is 0.947. The lowest BCUT2D eigenvalue weighted by Gasteiger charge is -2.39. The molecular weight excluding hydrogens is 320 g/mol. The highest BCUT2D eigenvalue weighted by atomic mass is 16.5. The number of carbonyl (C=O) groups excluding carboxylic acids is 1. The first-order chi connectivity index (χ1) is 12.2. The topological polar surface area (TPSA) is 71.0 Å². The van der Waals surface area contributed by atoms with Gasteiger partial charge in [0.1, 0.15) is 6.10 Å². The molecule has 1 saturated carbocycles. The number of morpholine rings is 1. The fourth-order valence-corrected chi connectivity index (χ4v) is 4.17. The van der Waals surface area contributed by atoms with Crippen molar-refractivity contribution < 1.29 is 19.4 Å². The summed E-state index contributed by atoms with van der Waals surface area (Å²) in [6.45, 7) is 3.18. The molecule has 0 aromatic heterocycles. The van der Waals surface area contributed by atoms with Crippen molar-refractivity contribution in [3.63, 3.8) is 0 Å². The molecule has 2 atom stereocenters. The summed E-state index contributed by atoms with van der Waals surface area (Å²) in [5.41, 5.74) is 0. The van der Waals surface area contributed by atoms with Crippen LogP contribution in [0.5, 0.6) is 0 Å². The summed E-state index contributed by atoms with van der Waals surface area (Å²) in [5, 5.41) is 12.2. The Morgan fingerprint density at radius 1 is 1.32 bits per heavy atom. The Hall–Kier alpha value is -0.690. The van der Waals surface area contributed by atoms with E-state index in [1.807, 2.05) is 11.9 Å². The van der Waals surface area contributed by atoms with Gasteiger partial charge in [-0.2, -0.15) is 0 Å². The van der Waals surface area contributed by atoms with E-state index in [1.165, 1.54) is 0 Å². The quantitative estimate of drug-likeness (QED) is 0.612. The van der Waals surface area contributed by atoms with Gasteiger partial charge < -0.3 is 24.8 Å². The molecule has 0 bridgehead atoms. The second-order valence-corrected chi connectivity index (χ2v) is 7.46. The Balaban J connectivity index is 1.82. The minimum Gasteiger partial charge on any atom is -0.396 e. The monoisotopic (exact) mass is 356 g/mol. The molecule has 25 heavy (non-hydrogen) atoms. The number of methoxy groups -OCH3 is 1. The van der Waals surface area contributed by atoms with E-state index in [4.69, 9.17) is 14.6 Å². The Morgan fingerprint density at radius 2 is 2.08 bits per heavy atom. The Bertz CT molecular complexity index is 386. The van der Waals surface area contributed by atoms with E-state index in [9.17, 15) is 4.79 Å². The maximum absolute atomic E-state index is 12.9. The molecule has 0 aromatic rings. The number of nitrogens with one attached hydrogen (secondary N) is 1. The van der Waals surface area contributed by atoms with Crippen LogP contribution < -0.4 is 5.32 Å². The molecule has 2 rings (SSSR count). The van der Waals surface area contributed by atoms with E-state index in [1.54, 1.807) is 7.11 Å². The van der Waals surface area contributed by atoms with Crippen LogP contribution in [0.4, 0.5) is 0 Å². The molecule has 2 fully saturated rings. The van der Waals surface area contributed by atoms with Gasteiger partial charge in [-0.1, -0.05) is 0 Å². The van der Waals surface area contributed by atoms with Gasteiger partial charge in [0, 0.05) is 32.7 Å². The van der Waals surface area contributed by atoms with Crippen molar-refractivity contribution in [3.8, 4) is 0 Å². The van der Waals surface area contributed by atoms with Gasteiger partial charge in [-0.3, -0.25) is 4.79 Å². The van der Waals surface area contributed by atoms with Crippen LogP contribution in [0.15, 0.2) is 0 Å². The van der Waals surface area contributed by atoms with Crippen molar-refractivity contribution in [3.05, 3.63) is 0 Å². The zero-order valence-corrected chi connectivity index (χ0v) is 15.9. The lowest BCUT2D eigenvalue weighted by Crippen LogP contribution is -2.52. The molecule has 1 heterocycles. The van der Waals surface area contributed by atoms with Gasteiger partial charge in [0.2, 0.25) is 5.91 Å². The second kappa shape index (κ2) is 11.1. The summed E-state index contributed by atoms with van der Waals surface area (Å²) in [6.07, 6.45) is 6.81. The predicted molar refractivity (Wildman–Crippen MR) is 97.4 cm³/mol. The minimum atomic E-state index is -0.0537. The van der Waals surface area contributed by atoms with E-state index in [0.29, 0.717) is 25.6 Å². The van der Waals surface area contributed by atoms with Gasteiger partial charge in [-0.25, -0.2) is 0 Å². The summed E-state index contributed by atoms with van der Waals surface area (Å²) in [7, 11) is 3.70. The average Bonchev–Trinajstić information content (AvgIpc) is 2.66. The van der Waals surface area contributed by atoms with Gasteiger partial charge >= 0.3 is 0 Å². The standard InChI is InChI=1S/C19H36N2O4/c1-20-13-15-6-8-16(9-7-15)19(23)21-10-12-25-18(14-21)17(24-2)5-3-4-11-22/h15-18,20,22H,3-14H2,1-2H3/t15?,16?,17?,18-/m1/s1. The van der Waals surface area contributed by atoms with Crippen LogP contribution in [0.3, 0.4) is 0 Å². The zero-order valence-electron chi connectivity index (χ0n) is 15.9. The molecule has 6 nitrogen and oxygen atoms in total. The largest absolute Gasteiger partial charge is 0.396 e. The number of aliphatic hydroxyl groups is 1. The van der Waals surface area contributed by atoms with E-state index in [2.05, 4.69) is 5.32 Å². The van der Waals surface area contributed by atoms with E-state index >= 15 is 0 Å². The third-order valence-electron chi connectivity index (χ3n) is 5.71. The average molecular weight is 357 g/mol. The first-order valence-corrected chi connectivity index (χ1v) is 9.88. The fourth-order valence-electron chi connectivity index (χ4n) is 4.17. The van der Waals surface area contributed by atoms with Crippen molar-refractivity contribution in [2.45, 2.75) is 57.2 Å². The lowest BCUT2D eigenvalue weighted by atomic mass is 9.81. The van der Waals surface area contributed by atoms with Crippen LogP contribution in [0.25, 0.3) is 0 Å². The Labute approximate surface area is 152 Å². The molecule has 2 aliphatic rings. The highest BCUT2D eigenvalue weighted by Gasteiger charge is 2.34. The summed E-state index contributed by atoms with van der Waals surface area (Å²) < 4.78 is 11.5. The number of rotatable bonds is 9. The summed E-state index contributed by atoms with van der Waals surface area (Å²) in [4.78, 5) is 14.9. The number of ether oxygens (including phenoxy) is 2. The van der Waals surface area contributed by atoms with Crippen molar-refractivity contribution in [2.24, 2.45) is 11.8 Å². The Morgan fingerprint density at radius 3 is 2.72 bits per heavy atom. The maximum atomic E-state index is 12.9. The van der Waals surface area contributed by atoms with Gasteiger partial charge in [-0.05, 0) is 64.5 Å². The molecule has 0 aromatic carbocycles. The van der Waals surface area contributed by atoms with Crippen molar-refractivity contribution in [1.29, 1.82) is 0 Å². The normalized spacial score (nSPS) is 28.8. The molecule has 6 heteroatoms. The summed E-state index contributed by atoms with van der Waals surface area (Å²) in [6, 6.07) is 0. The van der Waals surface area contributed by atoms with Gasteiger partial charge in [0.15, 0.2) is 0 Å². The van der Waals surface area contributed by atoms with Crippen LogP contribution in [-0.4, -0.2) is 75.1 Å². The zero-order chi connectivity index (χ0) is 18.1. The SMILES string of the molecule is CNCC1CCC(C(=O)N2CCO[C@@H](C(CCCCO)OC)C2)CC1. The van der Waals surface area contributed by atoms with E-state index in [0.717, 1.165) is 57.4 Å². The summed E-state index contributed by atoms with van der Waals surface area (Å²) >= 11 is 0. The van der Waals surface area contributed by atoms with Crippen molar-refractivity contribution >= 4 is 5.91 Å². The molecule has 0 spiro atoms. The van der Waals surface area contributed by atoms with Crippen LogP contribution in [0, 0.1) is 11.8 Å². The third kappa shape index (κ3) is 6.20. The van der Waals surface area contributed by atoms with Crippen LogP contribution in [0.2, 0.25) is 0 Å². The van der Waals surface area contributed by atoms with Crippen LogP contribution in [-0.2, 0) is 14.3 Å². The molecule has 0 radical (unpaired) electrons. The Kier molecular flexibility index (Phi) is 9.17. The third-order valence-corrected chi connectivity index (χ3v) is 5.71. The number of hydrogen-bond acceptors (Lipinski definition) is 5. The molecule has 1 aliphatic carbocycles. The minimum absolute atomic E-state index is 0.00600. The predicted octanol–water partition coefficient (Wildman–Crippen LogP) is 1.42. The molecule has 1 aliphatic heterocycles. The van der Waals surface area contributed by atoms with E-state index < -0.39 is 0 Å². The number of amides is 1. The molecule has 2 N–H and O–H groups in total. The van der Waals surface area contributed by atoms with Gasteiger partial charge in [-0.15, -0.1) is 0 Å². The first kappa shape index (κ1) is 20.6. The van der Waals surface area contributed by atoms with E-state index in [-0.39, 0.29) is 24.7 Å². The van der Waals surface area contributed by atoms with Gasteiger partial charge in [0.05, 0.1) is 12.7 Å². The number of aliphatic hydroxyl groups excluding tert-OH is 1. The molecular formula is C19H36N2O4. The highest BCUT2D eigenvalue weighted by Crippen LogP contribution is 2.30. The van der Waals surface area contributed by atoms with Crippen molar-refractivity contribution in [2.75, 3.05) is 47.0 Å². The van der Waals surface area contributed by atoms with Gasteiger partial charge in [0.25, 0.3) is 0 Å². The van der Waals surface area contributed by atoms with Crippen LogP contribution >= 0.6 is 0 Å². The number of carbonyl (C=O) groups is 1. The number of hydrogen-bond donors (Lipinski definition) is 2. The second-order valence-electron chi connectivity index (χ2n) is 7.46. The summed E-state index contributed by atoms with van der Waals surface area (Å²) in [5.74, 6) is 1.21. The van der Waals surface area contributed by atoms with Crippen LogP contribution in [0.1, 0.15) is 44.9 Å². The smallest absolute Gasteiger partial charge is 0.225 e. The molecule has 146 valence electrons. The highest BCUT2D eigenvalue weighted by molar-refractivity contribution is 5.79. The molecule has 1 unspecified atom stereocenters. The maximum Gasteiger partial charge on any atom is 0.225 e. The number of nitrogens with zero attached hydrogens (tertiary/aromatic N) is 1. The lowest BCUT2D eigenvalue weighted by molar-refractivity contribution is -0.151. The molecule has 1 saturated heterocycles. The first-order valence-electron chi connectivity index (χ1n) is 9.88.